The first-order valence-corrected chi connectivity index (χ1v) is 7.35. The van der Waals surface area contributed by atoms with E-state index < -0.39 is 5.97 Å². The second-order valence-corrected chi connectivity index (χ2v) is 5.70. The molecule has 0 unspecified atom stereocenters. The fraction of sp³-hybridized carbons (Fsp3) is 0.357. The summed E-state index contributed by atoms with van der Waals surface area (Å²) in [5.41, 5.74) is 2.20. The molecule has 2 rings (SSSR count). The van der Waals surface area contributed by atoms with Crippen molar-refractivity contribution >= 4 is 17.7 Å². The van der Waals surface area contributed by atoms with Gasteiger partial charge in [-0.25, -0.2) is 0 Å². The van der Waals surface area contributed by atoms with Crippen molar-refractivity contribution in [2.24, 2.45) is 0 Å². The van der Waals surface area contributed by atoms with Crippen LogP contribution in [0.25, 0.3) is 5.69 Å². The van der Waals surface area contributed by atoms with Crippen molar-refractivity contribution in [1.82, 2.24) is 14.8 Å². The standard InChI is InChI=1S/C14H17N3O2S/c1-9(2)11-6-4-5-7-12(11)17-10(3)15-16-14(17)20-8-13(18)19/h4-7,9H,8H2,1-3H3,(H,18,19). The van der Waals surface area contributed by atoms with E-state index in [4.69, 9.17) is 5.11 Å². The van der Waals surface area contributed by atoms with Gasteiger partial charge in [-0.2, -0.15) is 0 Å². The minimum atomic E-state index is -0.862. The molecule has 1 aromatic carbocycles. The molecule has 20 heavy (non-hydrogen) atoms. The van der Waals surface area contributed by atoms with Crippen LogP contribution in [-0.4, -0.2) is 31.6 Å². The summed E-state index contributed by atoms with van der Waals surface area (Å²) in [7, 11) is 0. The van der Waals surface area contributed by atoms with Gasteiger partial charge >= 0.3 is 5.97 Å². The molecule has 0 atom stereocenters. The van der Waals surface area contributed by atoms with Crippen LogP contribution in [0.2, 0.25) is 0 Å². The van der Waals surface area contributed by atoms with E-state index in [2.05, 4.69) is 30.1 Å². The summed E-state index contributed by atoms with van der Waals surface area (Å²) in [6, 6.07) is 8.05. The molecule has 0 saturated heterocycles. The van der Waals surface area contributed by atoms with Crippen LogP contribution < -0.4 is 0 Å². The number of hydrogen-bond donors (Lipinski definition) is 1. The van der Waals surface area contributed by atoms with E-state index in [1.165, 1.54) is 17.3 Å². The SMILES string of the molecule is Cc1nnc(SCC(=O)O)n1-c1ccccc1C(C)C. The number of para-hydroxylation sites is 1. The molecule has 0 radical (unpaired) electrons. The molecule has 0 bridgehead atoms. The Morgan fingerprint density at radius 3 is 2.70 bits per heavy atom. The second kappa shape index (κ2) is 6.09. The predicted molar refractivity (Wildman–Crippen MR) is 78.5 cm³/mol. The first-order valence-electron chi connectivity index (χ1n) is 6.36. The molecule has 0 fully saturated rings. The van der Waals surface area contributed by atoms with Gasteiger partial charge in [0, 0.05) is 0 Å². The van der Waals surface area contributed by atoms with E-state index in [9.17, 15) is 4.79 Å². The number of carbonyl (C=O) groups is 1. The Morgan fingerprint density at radius 2 is 2.05 bits per heavy atom. The summed E-state index contributed by atoms with van der Waals surface area (Å²) >= 11 is 1.18. The number of aryl methyl sites for hydroxylation is 1. The molecule has 1 heterocycles. The third-order valence-electron chi connectivity index (χ3n) is 2.92. The highest BCUT2D eigenvalue weighted by atomic mass is 32.2. The number of benzene rings is 1. The predicted octanol–water partition coefficient (Wildman–Crippen LogP) is 2.88. The van der Waals surface area contributed by atoms with Crippen molar-refractivity contribution < 1.29 is 9.90 Å². The van der Waals surface area contributed by atoms with Gasteiger partial charge in [0.05, 0.1) is 11.4 Å². The number of carboxylic acids is 1. The average molecular weight is 291 g/mol. The lowest BCUT2D eigenvalue weighted by atomic mass is 10.0. The molecule has 5 nitrogen and oxygen atoms in total. The van der Waals surface area contributed by atoms with Crippen LogP contribution in [0.4, 0.5) is 0 Å². The summed E-state index contributed by atoms with van der Waals surface area (Å²) in [5.74, 6) is 0.234. The quantitative estimate of drug-likeness (QED) is 0.858. The van der Waals surface area contributed by atoms with Crippen LogP contribution in [-0.2, 0) is 4.79 Å². The number of nitrogens with zero attached hydrogens (tertiary/aromatic N) is 3. The van der Waals surface area contributed by atoms with Gasteiger partial charge in [0.15, 0.2) is 5.16 Å². The maximum absolute atomic E-state index is 10.7. The zero-order valence-electron chi connectivity index (χ0n) is 11.7. The minimum Gasteiger partial charge on any atom is -0.481 e. The third kappa shape index (κ3) is 3.01. The van der Waals surface area contributed by atoms with Crippen LogP contribution in [0.3, 0.4) is 0 Å². The van der Waals surface area contributed by atoms with Crippen molar-refractivity contribution in [2.75, 3.05) is 5.75 Å². The van der Waals surface area contributed by atoms with Gasteiger partial charge in [-0.05, 0) is 24.5 Å². The van der Waals surface area contributed by atoms with Crippen molar-refractivity contribution in [3.8, 4) is 5.69 Å². The number of aliphatic carboxylic acids is 1. The summed E-state index contributed by atoms with van der Waals surface area (Å²) in [5, 5.41) is 17.6. The molecular formula is C14H17N3O2S. The molecule has 0 aliphatic carbocycles. The number of rotatable bonds is 5. The lowest BCUT2D eigenvalue weighted by Gasteiger charge is -2.15. The maximum atomic E-state index is 10.7. The van der Waals surface area contributed by atoms with Crippen molar-refractivity contribution in [3.05, 3.63) is 35.7 Å². The number of carboxylic acid groups (broad SMARTS) is 1. The minimum absolute atomic E-state index is 0.0258. The van der Waals surface area contributed by atoms with E-state index in [1.54, 1.807) is 0 Å². The van der Waals surface area contributed by atoms with E-state index in [0.717, 1.165) is 11.5 Å². The summed E-state index contributed by atoms with van der Waals surface area (Å²) in [6.45, 7) is 6.13. The Balaban J connectivity index is 2.47. The monoisotopic (exact) mass is 291 g/mol. The smallest absolute Gasteiger partial charge is 0.313 e. The molecule has 106 valence electrons. The van der Waals surface area contributed by atoms with Gasteiger partial charge in [-0.1, -0.05) is 43.8 Å². The van der Waals surface area contributed by atoms with Gasteiger partial charge in [-0.3, -0.25) is 9.36 Å². The van der Waals surface area contributed by atoms with Crippen molar-refractivity contribution in [2.45, 2.75) is 31.8 Å². The lowest BCUT2D eigenvalue weighted by molar-refractivity contribution is -0.133. The molecule has 1 aromatic heterocycles. The number of hydrogen-bond acceptors (Lipinski definition) is 4. The van der Waals surface area contributed by atoms with Crippen molar-refractivity contribution in [3.63, 3.8) is 0 Å². The van der Waals surface area contributed by atoms with Gasteiger partial charge in [-0.15, -0.1) is 10.2 Å². The maximum Gasteiger partial charge on any atom is 0.313 e. The zero-order chi connectivity index (χ0) is 14.7. The van der Waals surface area contributed by atoms with E-state index in [-0.39, 0.29) is 5.75 Å². The molecule has 0 saturated carbocycles. The van der Waals surface area contributed by atoms with Crippen LogP contribution in [0.15, 0.2) is 29.4 Å². The Kier molecular flexibility index (Phi) is 4.44. The molecule has 0 aliphatic rings. The summed E-state index contributed by atoms with van der Waals surface area (Å²) in [4.78, 5) is 10.7. The normalized spacial score (nSPS) is 11.0. The topological polar surface area (TPSA) is 68.0 Å². The van der Waals surface area contributed by atoms with Crippen LogP contribution in [0.5, 0.6) is 0 Å². The average Bonchev–Trinajstić information content (AvgIpc) is 2.77. The molecule has 0 amide bonds. The highest BCUT2D eigenvalue weighted by molar-refractivity contribution is 7.99. The van der Waals surface area contributed by atoms with E-state index in [0.29, 0.717) is 11.1 Å². The Hall–Kier alpha value is -1.82. The van der Waals surface area contributed by atoms with Gasteiger partial charge in [0.25, 0.3) is 0 Å². The molecule has 1 N–H and O–H groups in total. The van der Waals surface area contributed by atoms with Crippen LogP contribution >= 0.6 is 11.8 Å². The molecule has 0 spiro atoms. The fourth-order valence-corrected chi connectivity index (χ4v) is 2.73. The summed E-state index contributed by atoms with van der Waals surface area (Å²) in [6.07, 6.45) is 0. The van der Waals surface area contributed by atoms with E-state index >= 15 is 0 Å². The lowest BCUT2D eigenvalue weighted by Crippen LogP contribution is -2.06. The Labute approximate surface area is 122 Å². The highest BCUT2D eigenvalue weighted by Crippen LogP contribution is 2.27. The molecular weight excluding hydrogens is 274 g/mol. The Morgan fingerprint density at radius 1 is 1.35 bits per heavy atom. The van der Waals surface area contributed by atoms with Gasteiger partial charge < -0.3 is 5.11 Å². The van der Waals surface area contributed by atoms with Crippen LogP contribution in [0.1, 0.15) is 31.2 Å². The molecule has 6 heteroatoms. The number of aromatic nitrogens is 3. The largest absolute Gasteiger partial charge is 0.481 e. The van der Waals surface area contributed by atoms with Gasteiger partial charge in [0.1, 0.15) is 5.82 Å². The third-order valence-corrected chi connectivity index (χ3v) is 3.83. The van der Waals surface area contributed by atoms with E-state index in [1.807, 2.05) is 29.7 Å². The zero-order valence-corrected chi connectivity index (χ0v) is 12.5. The highest BCUT2D eigenvalue weighted by Gasteiger charge is 2.16. The van der Waals surface area contributed by atoms with Crippen LogP contribution in [0, 0.1) is 6.92 Å². The second-order valence-electron chi connectivity index (χ2n) is 4.76. The van der Waals surface area contributed by atoms with Crippen molar-refractivity contribution in [1.29, 1.82) is 0 Å². The summed E-state index contributed by atoms with van der Waals surface area (Å²) < 4.78 is 1.92. The first kappa shape index (κ1) is 14.6. The Bertz CT molecular complexity index is 623. The van der Waals surface area contributed by atoms with Gasteiger partial charge in [0.2, 0.25) is 0 Å². The fourth-order valence-electron chi connectivity index (χ4n) is 2.02. The first-order chi connectivity index (χ1) is 9.50. The molecule has 2 aromatic rings. The number of thioether (sulfide) groups is 1. The molecule has 0 aliphatic heterocycles.